The van der Waals surface area contributed by atoms with Crippen LogP contribution in [0.3, 0.4) is 0 Å². The van der Waals surface area contributed by atoms with E-state index in [1.165, 1.54) is 6.42 Å². The summed E-state index contributed by atoms with van der Waals surface area (Å²) < 4.78 is 5.59. The molecule has 116 valence electrons. The monoisotopic (exact) mass is 292 g/mol. The van der Waals surface area contributed by atoms with E-state index < -0.39 is 0 Å². The van der Waals surface area contributed by atoms with Crippen molar-refractivity contribution in [3.8, 4) is 0 Å². The molecular formula is C15H24N4O2. The van der Waals surface area contributed by atoms with Gasteiger partial charge in [-0.25, -0.2) is 0 Å². The number of likely N-dealkylation sites (tertiary alicyclic amines) is 2. The smallest absolute Gasteiger partial charge is 0.271 e. The van der Waals surface area contributed by atoms with Crippen molar-refractivity contribution in [1.29, 1.82) is 0 Å². The number of aromatic amines is 1. The van der Waals surface area contributed by atoms with Gasteiger partial charge in [-0.15, -0.1) is 0 Å². The molecule has 1 spiro atoms. The summed E-state index contributed by atoms with van der Waals surface area (Å²) in [5, 5.41) is 6.60. The number of amides is 1. The SMILES string of the molecule is CCOCC1CCN(C)C2(C1)CN(C(=O)c1ccn[nH]1)C2. The molecule has 2 aliphatic rings. The Hall–Kier alpha value is -1.40. The number of nitrogens with zero attached hydrogens (tertiary/aromatic N) is 3. The molecule has 3 rings (SSSR count). The molecule has 2 saturated heterocycles. The number of hydrogen-bond acceptors (Lipinski definition) is 4. The first-order chi connectivity index (χ1) is 10.1. The molecule has 1 amide bonds. The van der Waals surface area contributed by atoms with E-state index in [0.29, 0.717) is 11.6 Å². The molecule has 0 bridgehead atoms. The van der Waals surface area contributed by atoms with Crippen molar-refractivity contribution in [2.75, 3.05) is 39.9 Å². The fourth-order valence-corrected chi connectivity index (χ4v) is 3.56. The van der Waals surface area contributed by atoms with Crippen LogP contribution < -0.4 is 0 Å². The first-order valence-corrected chi connectivity index (χ1v) is 7.72. The van der Waals surface area contributed by atoms with Crippen LogP contribution in [0.2, 0.25) is 0 Å². The lowest BCUT2D eigenvalue weighted by Gasteiger charge is -2.58. The molecular weight excluding hydrogens is 268 g/mol. The maximum Gasteiger partial charge on any atom is 0.271 e. The standard InChI is InChI=1S/C15H24N4O2/c1-3-21-9-12-5-7-18(2)15(8-12)10-19(11-15)14(20)13-4-6-16-17-13/h4,6,12H,3,5,7-11H2,1-2H3,(H,16,17). The summed E-state index contributed by atoms with van der Waals surface area (Å²) in [7, 11) is 2.18. The Balaban J connectivity index is 1.60. The van der Waals surface area contributed by atoms with Gasteiger partial charge < -0.3 is 9.64 Å². The molecule has 0 saturated carbocycles. The Morgan fingerprint density at radius 1 is 1.57 bits per heavy atom. The predicted molar refractivity (Wildman–Crippen MR) is 79.1 cm³/mol. The highest BCUT2D eigenvalue weighted by Gasteiger charge is 2.51. The van der Waals surface area contributed by atoms with E-state index in [9.17, 15) is 4.79 Å². The maximum absolute atomic E-state index is 12.3. The van der Waals surface area contributed by atoms with E-state index in [1.807, 2.05) is 11.8 Å². The Labute approximate surface area is 125 Å². The summed E-state index contributed by atoms with van der Waals surface area (Å²) in [6, 6.07) is 1.73. The van der Waals surface area contributed by atoms with Crippen molar-refractivity contribution in [2.45, 2.75) is 25.3 Å². The van der Waals surface area contributed by atoms with Crippen molar-refractivity contribution >= 4 is 5.91 Å². The third kappa shape index (κ3) is 2.70. The van der Waals surface area contributed by atoms with Crippen LogP contribution >= 0.6 is 0 Å². The quantitative estimate of drug-likeness (QED) is 0.899. The number of ether oxygens (including phenoxy) is 1. The van der Waals surface area contributed by atoms with Crippen LogP contribution in [-0.4, -0.2) is 71.3 Å². The molecule has 6 heteroatoms. The Morgan fingerprint density at radius 2 is 2.38 bits per heavy atom. The van der Waals surface area contributed by atoms with Gasteiger partial charge in [-0.3, -0.25) is 14.8 Å². The van der Waals surface area contributed by atoms with Crippen LogP contribution in [0.15, 0.2) is 12.3 Å². The average molecular weight is 292 g/mol. The number of H-pyrrole nitrogens is 1. The number of aromatic nitrogens is 2. The lowest BCUT2D eigenvalue weighted by atomic mass is 9.75. The normalized spacial score (nSPS) is 25.0. The summed E-state index contributed by atoms with van der Waals surface area (Å²) in [5.74, 6) is 0.670. The maximum atomic E-state index is 12.3. The van der Waals surface area contributed by atoms with E-state index in [0.717, 1.165) is 39.3 Å². The van der Waals surface area contributed by atoms with Gasteiger partial charge in [0.15, 0.2) is 0 Å². The first kappa shape index (κ1) is 14.5. The number of nitrogens with one attached hydrogen (secondary N) is 1. The van der Waals surface area contributed by atoms with Gasteiger partial charge in [-0.2, -0.15) is 5.10 Å². The second-order valence-corrected chi connectivity index (χ2v) is 6.30. The van der Waals surface area contributed by atoms with Crippen LogP contribution in [0.25, 0.3) is 0 Å². The zero-order valence-corrected chi connectivity index (χ0v) is 12.8. The van der Waals surface area contributed by atoms with Crippen molar-refractivity contribution in [1.82, 2.24) is 20.0 Å². The van der Waals surface area contributed by atoms with E-state index in [-0.39, 0.29) is 11.4 Å². The van der Waals surface area contributed by atoms with Gasteiger partial charge in [0, 0.05) is 32.5 Å². The third-order valence-corrected chi connectivity index (χ3v) is 4.90. The number of carbonyl (C=O) groups is 1. The zero-order valence-electron chi connectivity index (χ0n) is 12.8. The van der Waals surface area contributed by atoms with Gasteiger partial charge in [0.25, 0.3) is 5.91 Å². The van der Waals surface area contributed by atoms with Crippen molar-refractivity contribution in [2.24, 2.45) is 5.92 Å². The molecule has 0 aromatic carbocycles. The molecule has 1 aromatic heterocycles. The van der Waals surface area contributed by atoms with E-state index in [1.54, 1.807) is 12.3 Å². The average Bonchev–Trinajstić information content (AvgIpc) is 2.97. The molecule has 0 radical (unpaired) electrons. The van der Waals surface area contributed by atoms with Crippen LogP contribution in [-0.2, 0) is 4.74 Å². The minimum absolute atomic E-state index is 0.0541. The summed E-state index contributed by atoms with van der Waals surface area (Å²) in [4.78, 5) is 16.6. The molecule has 21 heavy (non-hydrogen) atoms. The number of likely N-dealkylation sites (N-methyl/N-ethyl adjacent to an activating group) is 1. The van der Waals surface area contributed by atoms with Crippen molar-refractivity contribution in [3.05, 3.63) is 18.0 Å². The number of piperidine rings is 1. The molecule has 1 unspecified atom stereocenters. The van der Waals surface area contributed by atoms with Crippen LogP contribution in [0, 0.1) is 5.92 Å². The van der Waals surface area contributed by atoms with Gasteiger partial charge in [0.1, 0.15) is 5.69 Å². The Kier molecular flexibility index (Phi) is 3.99. The molecule has 2 fully saturated rings. The summed E-state index contributed by atoms with van der Waals surface area (Å²) >= 11 is 0. The topological polar surface area (TPSA) is 61.5 Å². The van der Waals surface area contributed by atoms with Gasteiger partial charge in [0.05, 0.1) is 5.54 Å². The highest BCUT2D eigenvalue weighted by atomic mass is 16.5. The van der Waals surface area contributed by atoms with Gasteiger partial charge in [-0.05, 0) is 45.3 Å². The summed E-state index contributed by atoms with van der Waals surface area (Å²) in [6.45, 7) is 6.38. The third-order valence-electron chi connectivity index (χ3n) is 4.90. The molecule has 1 aromatic rings. The molecule has 1 N–H and O–H groups in total. The number of rotatable bonds is 4. The van der Waals surface area contributed by atoms with Crippen LogP contribution in [0.5, 0.6) is 0 Å². The highest BCUT2D eigenvalue weighted by Crippen LogP contribution is 2.38. The molecule has 0 aliphatic carbocycles. The van der Waals surface area contributed by atoms with E-state index >= 15 is 0 Å². The second kappa shape index (κ2) is 5.77. The van der Waals surface area contributed by atoms with Gasteiger partial charge >= 0.3 is 0 Å². The summed E-state index contributed by atoms with van der Waals surface area (Å²) in [6.07, 6.45) is 3.93. The minimum Gasteiger partial charge on any atom is -0.381 e. The number of hydrogen-bond donors (Lipinski definition) is 1. The fourth-order valence-electron chi connectivity index (χ4n) is 3.56. The zero-order chi connectivity index (χ0) is 14.9. The van der Waals surface area contributed by atoms with Gasteiger partial charge in [-0.1, -0.05) is 0 Å². The second-order valence-electron chi connectivity index (χ2n) is 6.30. The fraction of sp³-hybridized carbons (Fsp3) is 0.733. The van der Waals surface area contributed by atoms with Crippen molar-refractivity contribution in [3.63, 3.8) is 0 Å². The van der Waals surface area contributed by atoms with E-state index in [4.69, 9.17) is 4.74 Å². The lowest BCUT2D eigenvalue weighted by molar-refractivity contribution is -0.0753. The molecule has 2 aliphatic heterocycles. The first-order valence-electron chi connectivity index (χ1n) is 7.72. The van der Waals surface area contributed by atoms with Crippen molar-refractivity contribution < 1.29 is 9.53 Å². The van der Waals surface area contributed by atoms with Crippen LogP contribution in [0.4, 0.5) is 0 Å². The van der Waals surface area contributed by atoms with Gasteiger partial charge in [0.2, 0.25) is 0 Å². The molecule has 1 atom stereocenters. The largest absolute Gasteiger partial charge is 0.381 e. The van der Waals surface area contributed by atoms with Crippen LogP contribution in [0.1, 0.15) is 30.3 Å². The Morgan fingerprint density at radius 3 is 3.05 bits per heavy atom. The number of carbonyl (C=O) groups excluding carboxylic acids is 1. The molecule has 3 heterocycles. The predicted octanol–water partition coefficient (Wildman–Crippen LogP) is 0.983. The lowest BCUT2D eigenvalue weighted by Crippen LogP contribution is -2.72. The Bertz CT molecular complexity index is 480. The van der Waals surface area contributed by atoms with E-state index in [2.05, 4.69) is 22.1 Å². The minimum atomic E-state index is 0.0541. The molecule has 6 nitrogen and oxygen atoms in total. The highest BCUT2D eigenvalue weighted by molar-refractivity contribution is 5.93. The summed E-state index contributed by atoms with van der Waals surface area (Å²) in [5.41, 5.74) is 0.726.